The minimum absolute atomic E-state index is 0.121. The Labute approximate surface area is 127 Å². The molecule has 3 aromatic rings. The topological polar surface area (TPSA) is 40.9 Å². The quantitative estimate of drug-likeness (QED) is 0.656. The van der Waals surface area contributed by atoms with Gasteiger partial charge >= 0.3 is 0 Å². The number of nitrogens with zero attached hydrogens (tertiary/aromatic N) is 1. The fourth-order valence-corrected chi connectivity index (χ4v) is 3.41. The lowest BCUT2D eigenvalue weighted by Gasteiger charge is -2.07. The zero-order valence-electron chi connectivity index (χ0n) is 11.5. The summed E-state index contributed by atoms with van der Waals surface area (Å²) in [6.45, 7) is 1.96. The molecule has 0 N–H and O–H groups in total. The molecule has 102 valence electrons. The van der Waals surface area contributed by atoms with Gasteiger partial charge in [-0.05, 0) is 30.0 Å². The second-order valence-electron chi connectivity index (χ2n) is 4.99. The molecule has 1 aromatic heterocycles. The summed E-state index contributed by atoms with van der Waals surface area (Å²) in [5, 5.41) is 10.5. The molecule has 1 heterocycles. The first-order valence-corrected chi connectivity index (χ1v) is 7.49. The van der Waals surface area contributed by atoms with E-state index < -0.39 is 5.92 Å². The molecule has 3 heteroatoms. The number of rotatable bonds is 3. The van der Waals surface area contributed by atoms with Crippen molar-refractivity contribution in [2.45, 2.75) is 12.8 Å². The summed E-state index contributed by atoms with van der Waals surface area (Å²) < 4.78 is 1.07. The first kappa shape index (κ1) is 13.5. The van der Waals surface area contributed by atoms with Crippen LogP contribution in [0.4, 0.5) is 0 Å². The maximum atomic E-state index is 12.6. The Hall–Kier alpha value is -2.44. The fraction of sp³-hybridized carbons (Fsp3) is 0.111. The van der Waals surface area contributed by atoms with Crippen molar-refractivity contribution in [2.24, 2.45) is 0 Å². The zero-order valence-corrected chi connectivity index (χ0v) is 12.4. The van der Waals surface area contributed by atoms with Crippen LogP contribution in [0.3, 0.4) is 0 Å². The van der Waals surface area contributed by atoms with Gasteiger partial charge < -0.3 is 0 Å². The van der Waals surface area contributed by atoms with E-state index in [1.54, 1.807) is 0 Å². The molecule has 1 unspecified atom stereocenters. The molecule has 21 heavy (non-hydrogen) atoms. The Bertz CT molecular complexity index is 824. The van der Waals surface area contributed by atoms with Gasteiger partial charge in [-0.15, -0.1) is 11.3 Å². The van der Waals surface area contributed by atoms with Gasteiger partial charge in [0.2, 0.25) is 0 Å². The molecule has 0 amide bonds. The van der Waals surface area contributed by atoms with Crippen LogP contribution < -0.4 is 0 Å². The van der Waals surface area contributed by atoms with E-state index in [2.05, 4.69) is 6.07 Å². The highest BCUT2D eigenvalue weighted by molar-refractivity contribution is 7.20. The van der Waals surface area contributed by atoms with Crippen molar-refractivity contribution in [1.29, 1.82) is 5.26 Å². The van der Waals surface area contributed by atoms with Crippen LogP contribution in [0.2, 0.25) is 0 Å². The molecule has 2 nitrogen and oxygen atoms in total. The Kier molecular flexibility index (Phi) is 3.55. The lowest BCUT2D eigenvalue weighted by atomic mass is 9.94. The maximum Gasteiger partial charge on any atom is 0.194 e. The van der Waals surface area contributed by atoms with Crippen molar-refractivity contribution in [2.75, 3.05) is 0 Å². The second-order valence-corrected chi connectivity index (χ2v) is 6.07. The van der Waals surface area contributed by atoms with Gasteiger partial charge in [0.25, 0.3) is 0 Å². The molecule has 0 aliphatic rings. The first-order valence-electron chi connectivity index (χ1n) is 6.68. The van der Waals surface area contributed by atoms with Crippen LogP contribution in [0.1, 0.15) is 26.7 Å². The average Bonchev–Trinajstić information content (AvgIpc) is 2.92. The molecule has 3 rings (SSSR count). The van der Waals surface area contributed by atoms with Gasteiger partial charge in [0.05, 0.1) is 10.9 Å². The summed E-state index contributed by atoms with van der Waals surface area (Å²) in [7, 11) is 0. The largest absolute Gasteiger partial charge is 0.291 e. The highest BCUT2D eigenvalue weighted by Gasteiger charge is 2.23. The van der Waals surface area contributed by atoms with Crippen molar-refractivity contribution in [3.63, 3.8) is 0 Å². The van der Waals surface area contributed by atoms with E-state index in [9.17, 15) is 10.1 Å². The summed E-state index contributed by atoms with van der Waals surface area (Å²) in [5.74, 6) is -0.859. The summed E-state index contributed by atoms with van der Waals surface area (Å²) in [5.41, 5.74) is 1.82. The standard InChI is InChI=1S/C18H13NOS/c1-12-5-4-7-13(9-12)15(11-19)18(20)17-10-14-6-2-3-8-16(14)21-17/h2-10,15H,1H3. The molecule has 2 aromatic carbocycles. The Balaban J connectivity index is 2.01. The highest BCUT2D eigenvalue weighted by Crippen LogP contribution is 2.30. The molecular formula is C18H13NOS. The van der Waals surface area contributed by atoms with Gasteiger partial charge in [-0.3, -0.25) is 4.79 Å². The molecule has 0 spiro atoms. The van der Waals surface area contributed by atoms with Gasteiger partial charge in [0, 0.05) is 4.70 Å². The number of benzene rings is 2. The van der Waals surface area contributed by atoms with Crippen molar-refractivity contribution in [1.82, 2.24) is 0 Å². The third-order valence-corrected chi connectivity index (χ3v) is 4.57. The SMILES string of the molecule is Cc1cccc(C(C#N)C(=O)c2cc3ccccc3s2)c1. The van der Waals surface area contributed by atoms with Crippen molar-refractivity contribution >= 4 is 27.2 Å². The van der Waals surface area contributed by atoms with Gasteiger partial charge in [-0.1, -0.05) is 48.0 Å². The lowest BCUT2D eigenvalue weighted by Crippen LogP contribution is -2.09. The molecule has 1 atom stereocenters. The van der Waals surface area contributed by atoms with Crippen LogP contribution in [0, 0.1) is 18.3 Å². The van der Waals surface area contributed by atoms with E-state index in [1.165, 1.54) is 11.3 Å². The summed E-state index contributed by atoms with van der Waals surface area (Å²) in [4.78, 5) is 13.3. The first-order chi connectivity index (χ1) is 10.2. The number of carbonyl (C=O) groups is 1. The van der Waals surface area contributed by atoms with E-state index in [-0.39, 0.29) is 5.78 Å². The normalized spacial score (nSPS) is 12.0. The monoisotopic (exact) mass is 291 g/mol. The lowest BCUT2D eigenvalue weighted by molar-refractivity contribution is 0.0983. The number of ketones is 1. The highest BCUT2D eigenvalue weighted by atomic mass is 32.1. The van der Waals surface area contributed by atoms with Gasteiger partial charge in [-0.2, -0.15) is 5.26 Å². The van der Waals surface area contributed by atoms with Crippen molar-refractivity contribution < 1.29 is 4.79 Å². The predicted molar refractivity (Wildman–Crippen MR) is 85.7 cm³/mol. The molecule has 0 radical (unpaired) electrons. The van der Waals surface area contributed by atoms with Gasteiger partial charge in [0.15, 0.2) is 5.78 Å². The summed E-state index contributed by atoms with van der Waals surface area (Å²) in [6, 6.07) is 19.5. The van der Waals surface area contributed by atoms with E-state index in [0.717, 1.165) is 21.2 Å². The number of thiophene rings is 1. The molecule has 0 fully saturated rings. The predicted octanol–water partition coefficient (Wildman–Crippen LogP) is 4.70. The van der Waals surface area contributed by atoms with Crippen LogP contribution in [-0.4, -0.2) is 5.78 Å². The molecule has 0 aliphatic carbocycles. The van der Waals surface area contributed by atoms with Crippen LogP contribution in [0.15, 0.2) is 54.6 Å². The molecule has 0 saturated heterocycles. The van der Waals surface area contributed by atoms with E-state index in [4.69, 9.17) is 0 Å². The van der Waals surface area contributed by atoms with Crippen molar-refractivity contribution in [3.05, 3.63) is 70.6 Å². The number of Topliss-reactive ketones (excluding diaryl/α,β-unsaturated/α-hetero) is 1. The van der Waals surface area contributed by atoms with Crippen LogP contribution in [0.5, 0.6) is 0 Å². The Morgan fingerprint density at radius 3 is 2.67 bits per heavy atom. The molecule has 0 bridgehead atoms. The summed E-state index contributed by atoms with van der Waals surface area (Å²) in [6.07, 6.45) is 0. The van der Waals surface area contributed by atoms with E-state index >= 15 is 0 Å². The van der Waals surface area contributed by atoms with Crippen LogP contribution in [-0.2, 0) is 0 Å². The van der Waals surface area contributed by atoms with Crippen molar-refractivity contribution in [3.8, 4) is 6.07 Å². The minimum atomic E-state index is -0.738. The molecular weight excluding hydrogens is 278 g/mol. The van der Waals surface area contributed by atoms with Gasteiger partial charge in [0.1, 0.15) is 5.92 Å². The second kappa shape index (κ2) is 5.51. The number of carbonyl (C=O) groups excluding carboxylic acids is 1. The molecule has 0 saturated carbocycles. The zero-order chi connectivity index (χ0) is 14.8. The van der Waals surface area contributed by atoms with E-state index in [0.29, 0.717) is 4.88 Å². The number of hydrogen-bond acceptors (Lipinski definition) is 3. The maximum absolute atomic E-state index is 12.6. The number of aryl methyl sites for hydroxylation is 1. The number of hydrogen-bond donors (Lipinski definition) is 0. The smallest absolute Gasteiger partial charge is 0.194 e. The number of nitriles is 1. The van der Waals surface area contributed by atoms with Gasteiger partial charge in [-0.25, -0.2) is 0 Å². The average molecular weight is 291 g/mol. The Morgan fingerprint density at radius 2 is 1.95 bits per heavy atom. The van der Waals surface area contributed by atoms with Crippen LogP contribution >= 0.6 is 11.3 Å². The van der Waals surface area contributed by atoms with Crippen LogP contribution in [0.25, 0.3) is 10.1 Å². The summed E-state index contributed by atoms with van der Waals surface area (Å²) >= 11 is 1.45. The minimum Gasteiger partial charge on any atom is -0.291 e. The third-order valence-electron chi connectivity index (χ3n) is 3.44. The molecule has 0 aliphatic heterocycles. The number of fused-ring (bicyclic) bond motifs is 1. The van der Waals surface area contributed by atoms with E-state index in [1.807, 2.05) is 61.5 Å². The fourth-order valence-electron chi connectivity index (χ4n) is 2.38. The Morgan fingerprint density at radius 1 is 1.14 bits per heavy atom. The third kappa shape index (κ3) is 2.58.